The van der Waals surface area contributed by atoms with Gasteiger partial charge in [-0.15, -0.1) is 11.3 Å². The first-order chi connectivity index (χ1) is 11.1. The SMILES string of the molecule is CCN(CC)C(=O)c1cccc(NC(=O)CCc2cccs2)c1. The van der Waals surface area contributed by atoms with Gasteiger partial charge in [-0.3, -0.25) is 9.59 Å². The highest BCUT2D eigenvalue weighted by Gasteiger charge is 2.13. The zero-order chi connectivity index (χ0) is 16.7. The Balaban J connectivity index is 1.96. The molecule has 122 valence electrons. The molecule has 2 aromatic rings. The minimum absolute atomic E-state index is 0.00955. The summed E-state index contributed by atoms with van der Waals surface area (Å²) in [6.07, 6.45) is 1.18. The quantitative estimate of drug-likeness (QED) is 0.839. The van der Waals surface area contributed by atoms with Gasteiger partial charge in [0.15, 0.2) is 0 Å². The summed E-state index contributed by atoms with van der Waals surface area (Å²) in [6, 6.07) is 11.1. The van der Waals surface area contributed by atoms with E-state index in [9.17, 15) is 9.59 Å². The normalized spacial score (nSPS) is 10.3. The van der Waals surface area contributed by atoms with E-state index in [1.165, 1.54) is 4.88 Å². The van der Waals surface area contributed by atoms with Gasteiger partial charge in [-0.1, -0.05) is 12.1 Å². The van der Waals surface area contributed by atoms with Crippen LogP contribution in [0.3, 0.4) is 0 Å². The van der Waals surface area contributed by atoms with E-state index < -0.39 is 0 Å². The third kappa shape index (κ3) is 4.93. The molecule has 4 nitrogen and oxygen atoms in total. The Morgan fingerprint density at radius 3 is 2.57 bits per heavy atom. The molecule has 1 heterocycles. The van der Waals surface area contributed by atoms with Crippen LogP contribution in [-0.4, -0.2) is 29.8 Å². The summed E-state index contributed by atoms with van der Waals surface area (Å²) in [5, 5.41) is 4.88. The van der Waals surface area contributed by atoms with Crippen molar-refractivity contribution in [3.63, 3.8) is 0 Å². The van der Waals surface area contributed by atoms with Crippen LogP contribution in [0.15, 0.2) is 41.8 Å². The van der Waals surface area contributed by atoms with Crippen molar-refractivity contribution in [3.05, 3.63) is 52.2 Å². The fourth-order valence-corrected chi connectivity index (χ4v) is 3.05. The van der Waals surface area contributed by atoms with E-state index in [1.54, 1.807) is 34.4 Å². The molecule has 1 aromatic carbocycles. The molecule has 0 atom stereocenters. The van der Waals surface area contributed by atoms with Crippen LogP contribution in [0.5, 0.6) is 0 Å². The predicted molar refractivity (Wildman–Crippen MR) is 95.0 cm³/mol. The van der Waals surface area contributed by atoms with Crippen molar-refractivity contribution >= 4 is 28.8 Å². The molecule has 0 bridgehead atoms. The molecule has 2 rings (SSSR count). The molecule has 0 radical (unpaired) electrons. The van der Waals surface area contributed by atoms with Crippen LogP contribution in [-0.2, 0) is 11.2 Å². The zero-order valence-corrected chi connectivity index (χ0v) is 14.4. The molecule has 1 aromatic heterocycles. The molecule has 0 spiro atoms. The fourth-order valence-electron chi connectivity index (χ4n) is 2.34. The molecular weight excluding hydrogens is 308 g/mol. The topological polar surface area (TPSA) is 49.4 Å². The van der Waals surface area contributed by atoms with E-state index in [0.29, 0.717) is 30.8 Å². The van der Waals surface area contributed by atoms with Crippen LogP contribution in [0.4, 0.5) is 5.69 Å². The second-order valence-electron chi connectivity index (χ2n) is 5.19. The Morgan fingerprint density at radius 1 is 1.13 bits per heavy atom. The van der Waals surface area contributed by atoms with Crippen molar-refractivity contribution < 1.29 is 9.59 Å². The molecule has 0 aliphatic rings. The summed E-state index contributed by atoms with van der Waals surface area (Å²) in [5.74, 6) is -0.0458. The van der Waals surface area contributed by atoms with Gasteiger partial charge in [0.25, 0.3) is 5.91 Å². The summed E-state index contributed by atoms with van der Waals surface area (Å²) in [5.41, 5.74) is 1.27. The van der Waals surface area contributed by atoms with E-state index in [0.717, 1.165) is 6.42 Å². The van der Waals surface area contributed by atoms with Crippen LogP contribution in [0, 0.1) is 0 Å². The zero-order valence-electron chi connectivity index (χ0n) is 13.5. The highest BCUT2D eigenvalue weighted by atomic mass is 32.1. The van der Waals surface area contributed by atoms with Gasteiger partial charge < -0.3 is 10.2 Å². The van der Waals surface area contributed by atoms with Gasteiger partial charge in [-0.25, -0.2) is 0 Å². The van der Waals surface area contributed by atoms with E-state index in [-0.39, 0.29) is 11.8 Å². The van der Waals surface area contributed by atoms with Crippen LogP contribution in [0.25, 0.3) is 0 Å². The summed E-state index contributed by atoms with van der Waals surface area (Å²) < 4.78 is 0. The van der Waals surface area contributed by atoms with E-state index in [4.69, 9.17) is 0 Å². The highest BCUT2D eigenvalue weighted by molar-refractivity contribution is 7.09. The average molecular weight is 330 g/mol. The number of carbonyl (C=O) groups excluding carboxylic acids is 2. The van der Waals surface area contributed by atoms with Crippen LogP contribution >= 0.6 is 11.3 Å². The molecule has 5 heteroatoms. The van der Waals surface area contributed by atoms with Gasteiger partial charge in [-0.2, -0.15) is 0 Å². The van der Waals surface area contributed by atoms with Crippen molar-refractivity contribution in [2.75, 3.05) is 18.4 Å². The van der Waals surface area contributed by atoms with E-state index in [1.807, 2.05) is 37.4 Å². The fraction of sp³-hybridized carbons (Fsp3) is 0.333. The second-order valence-corrected chi connectivity index (χ2v) is 6.22. The van der Waals surface area contributed by atoms with Gasteiger partial charge in [0.2, 0.25) is 5.91 Å². The smallest absolute Gasteiger partial charge is 0.253 e. The maximum Gasteiger partial charge on any atom is 0.253 e. The standard InChI is InChI=1S/C18H22N2O2S/c1-3-20(4-2)18(22)14-7-5-8-15(13-14)19-17(21)11-10-16-9-6-12-23-16/h5-9,12-13H,3-4,10-11H2,1-2H3,(H,19,21). The number of thiophene rings is 1. The second kappa shape index (κ2) is 8.48. The number of rotatable bonds is 7. The first-order valence-corrected chi connectivity index (χ1v) is 8.73. The average Bonchev–Trinajstić information content (AvgIpc) is 3.08. The lowest BCUT2D eigenvalue weighted by atomic mass is 10.1. The minimum atomic E-state index is -0.0363. The Hall–Kier alpha value is -2.14. The van der Waals surface area contributed by atoms with Gasteiger partial charge in [-0.05, 0) is 49.9 Å². The van der Waals surface area contributed by atoms with Crippen molar-refractivity contribution in [2.24, 2.45) is 0 Å². The number of carbonyl (C=O) groups is 2. The number of amides is 2. The molecule has 0 fully saturated rings. The number of nitrogens with one attached hydrogen (secondary N) is 1. The molecule has 2 amide bonds. The Bertz CT molecular complexity index is 649. The number of anilines is 1. The molecule has 0 unspecified atom stereocenters. The molecule has 0 aliphatic carbocycles. The van der Waals surface area contributed by atoms with Crippen LogP contribution in [0.1, 0.15) is 35.5 Å². The minimum Gasteiger partial charge on any atom is -0.339 e. The maximum absolute atomic E-state index is 12.3. The molecule has 0 saturated carbocycles. The lowest BCUT2D eigenvalue weighted by molar-refractivity contribution is -0.116. The third-order valence-corrected chi connectivity index (χ3v) is 4.56. The molecule has 0 saturated heterocycles. The monoisotopic (exact) mass is 330 g/mol. The van der Waals surface area contributed by atoms with Crippen molar-refractivity contribution in [1.29, 1.82) is 0 Å². The molecule has 1 N–H and O–H groups in total. The number of hydrogen-bond acceptors (Lipinski definition) is 3. The molecule has 23 heavy (non-hydrogen) atoms. The first-order valence-electron chi connectivity index (χ1n) is 7.85. The Kier molecular flexibility index (Phi) is 6.35. The summed E-state index contributed by atoms with van der Waals surface area (Å²) >= 11 is 1.66. The number of nitrogens with zero attached hydrogens (tertiary/aromatic N) is 1. The predicted octanol–water partition coefficient (Wildman–Crippen LogP) is 3.80. The number of aryl methyl sites for hydroxylation is 1. The maximum atomic E-state index is 12.3. The van der Waals surface area contributed by atoms with Crippen molar-refractivity contribution in [2.45, 2.75) is 26.7 Å². The molecule has 0 aliphatic heterocycles. The lowest BCUT2D eigenvalue weighted by Gasteiger charge is -2.19. The number of benzene rings is 1. The largest absolute Gasteiger partial charge is 0.339 e. The van der Waals surface area contributed by atoms with Gasteiger partial charge in [0.1, 0.15) is 0 Å². The van der Waals surface area contributed by atoms with Gasteiger partial charge in [0.05, 0.1) is 0 Å². The lowest BCUT2D eigenvalue weighted by Crippen LogP contribution is -2.30. The Morgan fingerprint density at radius 2 is 1.91 bits per heavy atom. The summed E-state index contributed by atoms with van der Waals surface area (Å²) in [6.45, 7) is 5.26. The van der Waals surface area contributed by atoms with Crippen LogP contribution < -0.4 is 5.32 Å². The summed E-state index contributed by atoms with van der Waals surface area (Å²) in [7, 11) is 0. The van der Waals surface area contributed by atoms with Gasteiger partial charge >= 0.3 is 0 Å². The molecular formula is C18H22N2O2S. The highest BCUT2D eigenvalue weighted by Crippen LogP contribution is 2.15. The van der Waals surface area contributed by atoms with E-state index >= 15 is 0 Å². The van der Waals surface area contributed by atoms with E-state index in [2.05, 4.69) is 5.32 Å². The summed E-state index contributed by atoms with van der Waals surface area (Å²) in [4.78, 5) is 27.3. The number of hydrogen-bond donors (Lipinski definition) is 1. The Labute approximate surface area is 141 Å². The van der Waals surface area contributed by atoms with Crippen LogP contribution in [0.2, 0.25) is 0 Å². The first kappa shape index (κ1) is 17.2. The van der Waals surface area contributed by atoms with Crippen molar-refractivity contribution in [1.82, 2.24) is 4.90 Å². The third-order valence-electron chi connectivity index (χ3n) is 3.62. The van der Waals surface area contributed by atoms with Gasteiger partial charge in [0, 0.05) is 35.6 Å². The van der Waals surface area contributed by atoms with Crippen molar-refractivity contribution in [3.8, 4) is 0 Å².